The molecule has 0 unspecified atom stereocenters. The Morgan fingerprint density at radius 1 is 0.921 bits per heavy atom. The number of nitrogens with zero attached hydrogens (tertiary/aromatic N) is 5. The number of anilines is 2. The van der Waals surface area contributed by atoms with Crippen LogP contribution in [0, 0.1) is 5.92 Å². The van der Waals surface area contributed by atoms with Gasteiger partial charge in [-0.05, 0) is 49.3 Å². The Morgan fingerprint density at radius 3 is 2.50 bits per heavy atom. The molecular formula is C31H39N7. The van der Waals surface area contributed by atoms with Gasteiger partial charge in [0.15, 0.2) is 5.65 Å². The molecule has 2 aliphatic rings. The summed E-state index contributed by atoms with van der Waals surface area (Å²) in [6.45, 7) is 5.95. The minimum absolute atomic E-state index is 0.673. The van der Waals surface area contributed by atoms with E-state index in [-0.39, 0.29) is 0 Å². The van der Waals surface area contributed by atoms with Crippen molar-refractivity contribution in [1.29, 1.82) is 0 Å². The van der Waals surface area contributed by atoms with Crippen molar-refractivity contribution in [2.75, 3.05) is 42.9 Å². The van der Waals surface area contributed by atoms with Gasteiger partial charge in [-0.3, -0.25) is 0 Å². The van der Waals surface area contributed by atoms with E-state index in [2.05, 4.69) is 74.8 Å². The Bertz CT molecular complexity index is 1300. The number of fused-ring (bicyclic) bond motifs is 1. The van der Waals surface area contributed by atoms with Crippen LogP contribution in [0.25, 0.3) is 22.3 Å². The molecule has 0 amide bonds. The molecule has 6 rings (SSSR count). The molecule has 4 aromatic rings. The molecule has 0 bridgehead atoms. The van der Waals surface area contributed by atoms with Gasteiger partial charge in [-0.2, -0.15) is 10.1 Å². The van der Waals surface area contributed by atoms with Crippen LogP contribution in [0.1, 0.15) is 44.1 Å². The van der Waals surface area contributed by atoms with Crippen molar-refractivity contribution in [3.05, 3.63) is 66.4 Å². The largest absolute Gasteiger partial charge is 0.369 e. The van der Waals surface area contributed by atoms with E-state index in [4.69, 9.17) is 15.1 Å². The zero-order valence-corrected chi connectivity index (χ0v) is 22.3. The highest BCUT2D eigenvalue weighted by atomic mass is 15.3. The molecule has 2 N–H and O–H groups in total. The molecule has 2 aromatic carbocycles. The first-order chi connectivity index (χ1) is 18.8. The molecule has 0 spiro atoms. The topological polar surface area (TPSA) is 70.9 Å². The summed E-state index contributed by atoms with van der Waals surface area (Å²) in [7, 11) is 0. The first-order valence-corrected chi connectivity index (χ1v) is 14.4. The molecule has 2 fully saturated rings. The monoisotopic (exact) mass is 509 g/mol. The number of hydrogen-bond acceptors (Lipinski definition) is 6. The summed E-state index contributed by atoms with van der Waals surface area (Å²) in [5.41, 5.74) is 5.70. The third-order valence-corrected chi connectivity index (χ3v) is 8.04. The Labute approximate surface area is 225 Å². The number of rotatable bonds is 9. The highest BCUT2D eigenvalue weighted by Crippen LogP contribution is 2.31. The maximum absolute atomic E-state index is 5.14. The molecule has 7 heteroatoms. The van der Waals surface area contributed by atoms with E-state index in [1.807, 2.05) is 6.20 Å². The normalized spacial score (nSPS) is 16.7. The molecule has 7 nitrogen and oxygen atoms in total. The van der Waals surface area contributed by atoms with Gasteiger partial charge < -0.3 is 15.5 Å². The van der Waals surface area contributed by atoms with Crippen molar-refractivity contribution in [2.45, 2.75) is 51.5 Å². The smallest absolute Gasteiger partial charge is 0.224 e. The molecule has 3 heterocycles. The number of piperazine rings is 1. The maximum Gasteiger partial charge on any atom is 0.224 e. The van der Waals surface area contributed by atoms with E-state index in [1.54, 1.807) is 0 Å². The van der Waals surface area contributed by atoms with Crippen molar-refractivity contribution < 1.29 is 0 Å². The third-order valence-electron chi connectivity index (χ3n) is 8.04. The minimum Gasteiger partial charge on any atom is -0.369 e. The summed E-state index contributed by atoms with van der Waals surface area (Å²) < 4.78 is 2.15. The van der Waals surface area contributed by atoms with Crippen LogP contribution in [0.4, 0.5) is 11.6 Å². The number of aryl methyl sites for hydroxylation is 1. The summed E-state index contributed by atoms with van der Waals surface area (Å²) in [6, 6.07) is 19.5. The van der Waals surface area contributed by atoms with Crippen LogP contribution >= 0.6 is 0 Å². The lowest BCUT2D eigenvalue weighted by Crippen LogP contribution is -2.43. The van der Waals surface area contributed by atoms with Crippen LogP contribution in [0.2, 0.25) is 0 Å². The fourth-order valence-electron chi connectivity index (χ4n) is 5.89. The Kier molecular flexibility index (Phi) is 7.82. The zero-order valence-electron chi connectivity index (χ0n) is 22.3. The summed E-state index contributed by atoms with van der Waals surface area (Å²) in [6.07, 6.45) is 10.6. The maximum atomic E-state index is 5.14. The van der Waals surface area contributed by atoms with Gasteiger partial charge in [-0.1, -0.05) is 61.7 Å². The van der Waals surface area contributed by atoms with Gasteiger partial charge >= 0.3 is 0 Å². The molecule has 2 aromatic heterocycles. The van der Waals surface area contributed by atoms with E-state index in [0.29, 0.717) is 11.9 Å². The summed E-state index contributed by atoms with van der Waals surface area (Å²) in [5, 5.41) is 13.1. The average Bonchev–Trinajstić information content (AvgIpc) is 3.34. The third kappa shape index (κ3) is 5.83. The molecule has 198 valence electrons. The van der Waals surface area contributed by atoms with Gasteiger partial charge in [0, 0.05) is 56.7 Å². The van der Waals surface area contributed by atoms with Crippen molar-refractivity contribution >= 4 is 22.7 Å². The first kappa shape index (κ1) is 24.9. The Hall–Kier alpha value is -3.45. The second-order valence-corrected chi connectivity index (χ2v) is 10.8. The zero-order chi connectivity index (χ0) is 25.6. The number of hydrogen-bond donors (Lipinski definition) is 2. The molecule has 0 atom stereocenters. The highest BCUT2D eigenvalue weighted by molar-refractivity contribution is 5.91. The minimum atomic E-state index is 0.673. The van der Waals surface area contributed by atoms with Crippen molar-refractivity contribution in [2.24, 2.45) is 5.92 Å². The molecule has 1 aliphatic carbocycles. The fraction of sp³-hybridized carbons (Fsp3) is 0.452. The van der Waals surface area contributed by atoms with Crippen LogP contribution in [0.3, 0.4) is 0 Å². The quantitative estimate of drug-likeness (QED) is 0.289. The van der Waals surface area contributed by atoms with Crippen LogP contribution in [0.15, 0.2) is 60.8 Å². The summed E-state index contributed by atoms with van der Waals surface area (Å²) in [5.74, 6) is 1.36. The van der Waals surface area contributed by atoms with E-state index in [1.165, 1.54) is 43.4 Å². The van der Waals surface area contributed by atoms with Crippen molar-refractivity contribution in [3.63, 3.8) is 0 Å². The predicted molar refractivity (Wildman–Crippen MR) is 156 cm³/mol. The number of aromatic nitrogens is 4. The molecule has 1 saturated heterocycles. The number of nitrogens with one attached hydrogen (secondary N) is 2. The lowest BCUT2D eigenvalue weighted by molar-refractivity contribution is 0.311. The van der Waals surface area contributed by atoms with E-state index in [0.717, 1.165) is 74.4 Å². The van der Waals surface area contributed by atoms with E-state index < -0.39 is 0 Å². The first-order valence-electron chi connectivity index (χ1n) is 14.4. The Morgan fingerprint density at radius 2 is 1.71 bits per heavy atom. The average molecular weight is 510 g/mol. The van der Waals surface area contributed by atoms with Gasteiger partial charge in [-0.25, -0.2) is 9.67 Å². The van der Waals surface area contributed by atoms with Crippen molar-refractivity contribution in [1.82, 2.24) is 25.1 Å². The van der Waals surface area contributed by atoms with Gasteiger partial charge in [0.25, 0.3) is 0 Å². The van der Waals surface area contributed by atoms with E-state index in [9.17, 15) is 0 Å². The summed E-state index contributed by atoms with van der Waals surface area (Å²) >= 11 is 0. The van der Waals surface area contributed by atoms with Crippen LogP contribution in [-0.2, 0) is 13.0 Å². The molecule has 1 aliphatic heterocycles. The lowest BCUT2D eigenvalue weighted by atomic mass is 9.89. The standard InChI is InChI=1S/C31H39N7/c1-3-8-24(9-4-1)12-7-17-33-31-34-22-28-29(26-13-15-27(16-14-26)37-20-18-32-19-21-37)36-38(30(28)35-31)23-25-10-5-2-6-11-25/h1,3-4,8-9,13-16,22,25,32H,2,5-7,10-12,17-21,23H2,(H,33,34,35). The summed E-state index contributed by atoms with van der Waals surface area (Å²) in [4.78, 5) is 12.1. The van der Waals surface area contributed by atoms with Crippen LogP contribution in [0.5, 0.6) is 0 Å². The second kappa shape index (κ2) is 11.9. The predicted octanol–water partition coefficient (Wildman–Crippen LogP) is 5.53. The SMILES string of the molecule is c1ccc(CCCNc2ncc3c(-c4ccc(N5CCNCC5)cc4)nn(CC4CCCCC4)c3n2)cc1. The van der Waals surface area contributed by atoms with Gasteiger partial charge in [-0.15, -0.1) is 0 Å². The molecule has 38 heavy (non-hydrogen) atoms. The molecular weight excluding hydrogens is 470 g/mol. The highest BCUT2D eigenvalue weighted by Gasteiger charge is 2.20. The van der Waals surface area contributed by atoms with Crippen molar-refractivity contribution in [3.8, 4) is 11.3 Å². The van der Waals surface area contributed by atoms with Crippen LogP contribution in [-0.4, -0.2) is 52.5 Å². The van der Waals surface area contributed by atoms with Gasteiger partial charge in [0.2, 0.25) is 5.95 Å². The Balaban J connectivity index is 1.23. The number of benzene rings is 2. The molecule has 1 saturated carbocycles. The van der Waals surface area contributed by atoms with Gasteiger partial charge in [0.1, 0.15) is 5.69 Å². The van der Waals surface area contributed by atoms with Gasteiger partial charge in [0.05, 0.1) is 5.39 Å². The fourth-order valence-corrected chi connectivity index (χ4v) is 5.89. The second-order valence-electron chi connectivity index (χ2n) is 10.8. The molecule has 0 radical (unpaired) electrons. The van der Waals surface area contributed by atoms with E-state index >= 15 is 0 Å². The lowest BCUT2D eigenvalue weighted by Gasteiger charge is -2.29. The van der Waals surface area contributed by atoms with Crippen LogP contribution < -0.4 is 15.5 Å².